The number of rotatable bonds is 6. The van der Waals surface area contributed by atoms with Crippen molar-refractivity contribution < 1.29 is 17.9 Å². The fraction of sp³-hybridized carbons (Fsp3) is 0.321. The molecule has 0 radical (unpaired) electrons. The van der Waals surface area contributed by atoms with E-state index in [4.69, 9.17) is 4.74 Å². The van der Waals surface area contributed by atoms with E-state index in [9.17, 15) is 13.2 Å². The number of amides is 1. The monoisotopic (exact) mass is 490 g/mol. The van der Waals surface area contributed by atoms with Crippen LogP contribution in [0.4, 0.5) is 5.69 Å². The average molecular weight is 491 g/mol. The number of fused-ring (bicyclic) bond motifs is 1. The Labute approximate surface area is 207 Å². The number of carbonyl (C=O) groups excluding carboxylic acids is 1. The Bertz CT molecular complexity index is 1260. The van der Waals surface area contributed by atoms with Gasteiger partial charge in [0.1, 0.15) is 0 Å². The Morgan fingerprint density at radius 3 is 2.40 bits per heavy atom. The minimum absolute atomic E-state index is 0.0594. The SMILES string of the molecule is O=C(c1cccc(S(=O)(=O)N(Cc2ccccc2)c2ccccc2)c1)N1CCOC2CCCCC21. The maximum atomic E-state index is 13.9. The first-order valence-corrected chi connectivity index (χ1v) is 13.6. The summed E-state index contributed by atoms with van der Waals surface area (Å²) in [7, 11) is -3.92. The molecule has 2 fully saturated rings. The fourth-order valence-electron chi connectivity index (χ4n) is 5.09. The topological polar surface area (TPSA) is 66.9 Å². The van der Waals surface area contributed by atoms with Crippen molar-refractivity contribution in [2.24, 2.45) is 0 Å². The van der Waals surface area contributed by atoms with Crippen LogP contribution in [-0.2, 0) is 21.3 Å². The van der Waals surface area contributed by atoms with E-state index in [0.717, 1.165) is 31.2 Å². The molecule has 0 bridgehead atoms. The van der Waals surface area contributed by atoms with Gasteiger partial charge >= 0.3 is 0 Å². The normalized spacial score (nSPS) is 20.2. The van der Waals surface area contributed by atoms with Gasteiger partial charge in [0.25, 0.3) is 15.9 Å². The van der Waals surface area contributed by atoms with Gasteiger partial charge in [-0.1, -0.05) is 67.4 Å². The first kappa shape index (κ1) is 23.6. The van der Waals surface area contributed by atoms with Crippen LogP contribution in [0.3, 0.4) is 0 Å². The van der Waals surface area contributed by atoms with Crippen LogP contribution >= 0.6 is 0 Å². The number of carbonyl (C=O) groups is 1. The molecule has 1 amide bonds. The van der Waals surface area contributed by atoms with E-state index in [2.05, 4.69) is 0 Å². The van der Waals surface area contributed by atoms with E-state index in [0.29, 0.717) is 24.4 Å². The zero-order valence-electron chi connectivity index (χ0n) is 19.6. The lowest BCUT2D eigenvalue weighted by Crippen LogP contribution is -2.54. The Morgan fingerprint density at radius 1 is 0.914 bits per heavy atom. The van der Waals surface area contributed by atoms with E-state index in [1.54, 1.807) is 30.3 Å². The highest BCUT2D eigenvalue weighted by molar-refractivity contribution is 7.92. The second-order valence-electron chi connectivity index (χ2n) is 9.12. The lowest BCUT2D eigenvalue weighted by molar-refractivity contribution is -0.0752. The molecular weight excluding hydrogens is 460 g/mol. The van der Waals surface area contributed by atoms with Gasteiger partial charge in [-0.05, 0) is 48.7 Å². The van der Waals surface area contributed by atoms with Crippen molar-refractivity contribution in [1.29, 1.82) is 0 Å². The summed E-state index contributed by atoms with van der Waals surface area (Å²) in [6.07, 6.45) is 4.16. The van der Waals surface area contributed by atoms with Gasteiger partial charge in [-0.15, -0.1) is 0 Å². The van der Waals surface area contributed by atoms with Gasteiger partial charge in [-0.25, -0.2) is 8.42 Å². The molecule has 2 atom stereocenters. The average Bonchev–Trinajstić information content (AvgIpc) is 2.92. The first-order valence-electron chi connectivity index (χ1n) is 12.2. The van der Waals surface area contributed by atoms with Crippen molar-refractivity contribution in [2.45, 2.75) is 49.3 Å². The number of nitrogens with zero attached hydrogens (tertiary/aromatic N) is 2. The standard InChI is InChI=1S/C28H30N2O4S/c31-28(29-18-19-34-27-17-8-7-16-26(27)29)23-12-9-15-25(20-23)35(32,33)30(24-13-5-2-6-14-24)21-22-10-3-1-4-11-22/h1-6,9-15,20,26-27H,7-8,16-19,21H2. The van der Waals surface area contributed by atoms with Crippen molar-refractivity contribution in [3.05, 3.63) is 96.1 Å². The third kappa shape index (κ3) is 4.97. The van der Waals surface area contributed by atoms with Crippen molar-refractivity contribution in [3.8, 4) is 0 Å². The predicted octanol–water partition coefficient (Wildman–Crippen LogP) is 4.87. The highest BCUT2D eigenvalue weighted by Gasteiger charge is 2.37. The van der Waals surface area contributed by atoms with Crippen LogP contribution in [-0.4, -0.2) is 44.5 Å². The van der Waals surface area contributed by atoms with E-state index in [1.807, 2.05) is 53.4 Å². The van der Waals surface area contributed by atoms with Crippen molar-refractivity contribution in [1.82, 2.24) is 4.90 Å². The summed E-state index contributed by atoms with van der Waals surface area (Å²) in [6, 6.07) is 25.1. The van der Waals surface area contributed by atoms with E-state index in [-0.39, 0.29) is 29.5 Å². The third-order valence-electron chi connectivity index (χ3n) is 6.88. The molecule has 3 aromatic carbocycles. The molecule has 182 valence electrons. The predicted molar refractivity (Wildman–Crippen MR) is 136 cm³/mol. The number of para-hydroxylation sites is 1. The highest BCUT2D eigenvalue weighted by Crippen LogP contribution is 2.31. The van der Waals surface area contributed by atoms with Gasteiger partial charge in [-0.3, -0.25) is 9.10 Å². The minimum atomic E-state index is -3.92. The molecular formula is C28H30N2O4S. The van der Waals surface area contributed by atoms with Gasteiger partial charge in [-0.2, -0.15) is 0 Å². The van der Waals surface area contributed by atoms with Gasteiger partial charge in [0, 0.05) is 12.1 Å². The molecule has 7 heteroatoms. The lowest BCUT2D eigenvalue weighted by Gasteiger charge is -2.43. The molecule has 35 heavy (non-hydrogen) atoms. The maximum Gasteiger partial charge on any atom is 0.264 e. The summed E-state index contributed by atoms with van der Waals surface area (Å²) < 4.78 is 35.1. The molecule has 0 aromatic heterocycles. The van der Waals surface area contributed by atoms with Gasteiger partial charge < -0.3 is 9.64 Å². The molecule has 1 saturated carbocycles. The van der Waals surface area contributed by atoms with Crippen LogP contribution in [0.25, 0.3) is 0 Å². The second kappa shape index (κ2) is 10.2. The molecule has 0 spiro atoms. The number of benzene rings is 3. The van der Waals surface area contributed by atoms with Crippen LogP contribution in [0.2, 0.25) is 0 Å². The molecule has 1 aliphatic heterocycles. The van der Waals surface area contributed by atoms with Gasteiger partial charge in [0.05, 0.1) is 35.9 Å². The number of anilines is 1. The number of ether oxygens (including phenoxy) is 1. The van der Waals surface area contributed by atoms with Crippen LogP contribution in [0.5, 0.6) is 0 Å². The Hall–Kier alpha value is -3.16. The van der Waals surface area contributed by atoms with Crippen LogP contribution in [0, 0.1) is 0 Å². The largest absolute Gasteiger partial charge is 0.374 e. The van der Waals surface area contributed by atoms with Crippen LogP contribution in [0.15, 0.2) is 89.8 Å². The van der Waals surface area contributed by atoms with Crippen molar-refractivity contribution in [2.75, 3.05) is 17.5 Å². The highest BCUT2D eigenvalue weighted by atomic mass is 32.2. The summed E-state index contributed by atoms with van der Waals surface area (Å²) >= 11 is 0. The van der Waals surface area contributed by atoms with Gasteiger partial charge in [0.15, 0.2) is 0 Å². The molecule has 3 aromatic rings. The van der Waals surface area contributed by atoms with Gasteiger partial charge in [0.2, 0.25) is 0 Å². The molecule has 6 nitrogen and oxygen atoms in total. The minimum Gasteiger partial charge on any atom is -0.374 e. The summed E-state index contributed by atoms with van der Waals surface area (Å²) in [5.41, 5.74) is 1.85. The summed E-state index contributed by atoms with van der Waals surface area (Å²) in [5.74, 6) is -0.128. The molecule has 1 heterocycles. The number of hydrogen-bond acceptors (Lipinski definition) is 4. The van der Waals surface area contributed by atoms with Crippen LogP contribution < -0.4 is 4.31 Å². The second-order valence-corrected chi connectivity index (χ2v) is 11.0. The third-order valence-corrected chi connectivity index (χ3v) is 8.65. The Morgan fingerprint density at radius 2 is 1.63 bits per heavy atom. The fourth-order valence-corrected chi connectivity index (χ4v) is 6.59. The van der Waals surface area contributed by atoms with Crippen molar-refractivity contribution >= 4 is 21.6 Å². The number of morpholine rings is 1. The summed E-state index contributed by atoms with van der Waals surface area (Å²) in [6.45, 7) is 1.24. The molecule has 0 N–H and O–H groups in total. The molecule has 5 rings (SSSR count). The molecule has 2 aliphatic rings. The number of sulfonamides is 1. The van der Waals surface area contributed by atoms with E-state index in [1.165, 1.54) is 10.4 Å². The molecule has 1 aliphatic carbocycles. The Balaban J connectivity index is 1.47. The summed E-state index contributed by atoms with van der Waals surface area (Å²) in [5, 5.41) is 0. The molecule has 1 saturated heterocycles. The first-order chi connectivity index (χ1) is 17.0. The Kier molecular flexibility index (Phi) is 6.88. The van der Waals surface area contributed by atoms with E-state index >= 15 is 0 Å². The van der Waals surface area contributed by atoms with E-state index < -0.39 is 10.0 Å². The smallest absolute Gasteiger partial charge is 0.264 e. The zero-order chi connectivity index (χ0) is 24.3. The van der Waals surface area contributed by atoms with Crippen molar-refractivity contribution in [3.63, 3.8) is 0 Å². The number of hydrogen-bond donors (Lipinski definition) is 0. The summed E-state index contributed by atoms with van der Waals surface area (Å²) in [4.78, 5) is 15.5. The lowest BCUT2D eigenvalue weighted by atomic mass is 9.89. The zero-order valence-corrected chi connectivity index (χ0v) is 20.4. The molecule has 2 unspecified atom stereocenters. The quantitative estimate of drug-likeness (QED) is 0.495. The maximum absolute atomic E-state index is 13.9. The van der Waals surface area contributed by atoms with Crippen LogP contribution in [0.1, 0.15) is 41.6 Å².